The van der Waals surface area contributed by atoms with Crippen molar-refractivity contribution in [3.8, 4) is 0 Å². The highest BCUT2D eigenvalue weighted by molar-refractivity contribution is 9.09. The Labute approximate surface area is 103 Å². The topological polar surface area (TPSA) is 37.4 Å². The van der Waals surface area contributed by atoms with Crippen LogP contribution in [-0.2, 0) is 10.0 Å². The zero-order valence-corrected chi connectivity index (χ0v) is 11.7. The van der Waals surface area contributed by atoms with Crippen LogP contribution in [0.5, 0.6) is 0 Å². The van der Waals surface area contributed by atoms with Crippen LogP contribution in [0.25, 0.3) is 0 Å². The Kier molecular flexibility index (Phi) is 5.25. The van der Waals surface area contributed by atoms with E-state index in [4.69, 9.17) is 0 Å². The first-order chi connectivity index (χ1) is 7.12. The lowest BCUT2D eigenvalue weighted by molar-refractivity contribution is 0.430. The Morgan fingerprint density at radius 2 is 2.27 bits per heavy atom. The van der Waals surface area contributed by atoms with Crippen molar-refractivity contribution in [2.45, 2.75) is 17.6 Å². The van der Waals surface area contributed by atoms with Crippen molar-refractivity contribution in [1.82, 2.24) is 4.31 Å². The molecule has 1 aromatic rings. The summed E-state index contributed by atoms with van der Waals surface area (Å²) in [6, 6.07) is 3.41. The fourth-order valence-corrected chi connectivity index (χ4v) is 4.10. The summed E-state index contributed by atoms with van der Waals surface area (Å²) in [6.07, 6.45) is 0.832. The molecular formula is C9H14BrNO2S2. The number of hydrogen-bond acceptors (Lipinski definition) is 3. The Morgan fingerprint density at radius 3 is 2.73 bits per heavy atom. The molecule has 0 atom stereocenters. The van der Waals surface area contributed by atoms with Gasteiger partial charge in [-0.1, -0.05) is 28.9 Å². The minimum Gasteiger partial charge on any atom is -0.206 e. The first kappa shape index (κ1) is 13.2. The molecular weight excluding hydrogens is 298 g/mol. The Morgan fingerprint density at radius 1 is 1.53 bits per heavy atom. The van der Waals surface area contributed by atoms with Crippen molar-refractivity contribution in [3.63, 3.8) is 0 Å². The van der Waals surface area contributed by atoms with Gasteiger partial charge in [0.2, 0.25) is 0 Å². The van der Waals surface area contributed by atoms with E-state index in [2.05, 4.69) is 15.9 Å². The van der Waals surface area contributed by atoms with E-state index in [1.54, 1.807) is 17.5 Å². The standard InChI is InChI=1S/C9H14BrNO2S2/c1-2-11(7-4-6-10)15(12,13)9-5-3-8-14-9/h3,5,8H,2,4,6-7H2,1H3. The van der Waals surface area contributed by atoms with Crippen LogP contribution in [-0.4, -0.2) is 31.1 Å². The fraction of sp³-hybridized carbons (Fsp3) is 0.556. The van der Waals surface area contributed by atoms with Gasteiger partial charge in [-0.15, -0.1) is 11.3 Å². The maximum absolute atomic E-state index is 12.1. The van der Waals surface area contributed by atoms with Gasteiger partial charge in [0.1, 0.15) is 4.21 Å². The molecule has 0 N–H and O–H groups in total. The minimum absolute atomic E-state index is 0.430. The quantitative estimate of drug-likeness (QED) is 0.757. The lowest BCUT2D eigenvalue weighted by Gasteiger charge is -2.18. The van der Waals surface area contributed by atoms with Crippen molar-refractivity contribution in [2.75, 3.05) is 18.4 Å². The van der Waals surface area contributed by atoms with E-state index >= 15 is 0 Å². The van der Waals surface area contributed by atoms with Gasteiger partial charge in [-0.3, -0.25) is 0 Å². The summed E-state index contributed by atoms with van der Waals surface area (Å²) in [4.78, 5) is 0. The van der Waals surface area contributed by atoms with Crippen molar-refractivity contribution in [3.05, 3.63) is 17.5 Å². The molecule has 15 heavy (non-hydrogen) atoms. The molecule has 0 aliphatic carbocycles. The predicted octanol–water partition coefficient (Wildman–Crippen LogP) is 2.54. The zero-order valence-electron chi connectivity index (χ0n) is 8.52. The number of rotatable bonds is 6. The van der Waals surface area contributed by atoms with E-state index in [-0.39, 0.29) is 0 Å². The predicted molar refractivity (Wildman–Crippen MR) is 67.2 cm³/mol. The van der Waals surface area contributed by atoms with Crippen LogP contribution in [0.2, 0.25) is 0 Å². The Balaban J connectivity index is 2.83. The third-order valence-electron chi connectivity index (χ3n) is 1.98. The number of halogens is 1. The number of alkyl halides is 1. The molecule has 86 valence electrons. The molecule has 0 aliphatic heterocycles. The van der Waals surface area contributed by atoms with Gasteiger partial charge in [-0.25, -0.2) is 8.42 Å². The third kappa shape index (κ3) is 3.27. The third-order valence-corrected chi connectivity index (χ3v) is 5.89. The average Bonchev–Trinajstić information content (AvgIpc) is 2.72. The smallest absolute Gasteiger partial charge is 0.206 e. The van der Waals surface area contributed by atoms with Gasteiger partial charge in [0.25, 0.3) is 10.0 Å². The minimum atomic E-state index is -3.25. The fourth-order valence-electron chi connectivity index (χ4n) is 1.22. The maximum atomic E-state index is 12.1. The summed E-state index contributed by atoms with van der Waals surface area (Å²) in [5.74, 6) is 0. The molecule has 1 rings (SSSR count). The summed E-state index contributed by atoms with van der Waals surface area (Å²) in [5.41, 5.74) is 0. The van der Waals surface area contributed by atoms with Crippen molar-refractivity contribution in [1.29, 1.82) is 0 Å². The Bertz CT molecular complexity index is 375. The number of thiophene rings is 1. The van der Waals surface area contributed by atoms with Crippen molar-refractivity contribution in [2.24, 2.45) is 0 Å². The van der Waals surface area contributed by atoms with Gasteiger partial charge >= 0.3 is 0 Å². The number of hydrogen-bond donors (Lipinski definition) is 0. The van der Waals surface area contributed by atoms with Crippen LogP contribution in [0, 0.1) is 0 Å². The molecule has 3 nitrogen and oxygen atoms in total. The van der Waals surface area contributed by atoms with Gasteiger partial charge in [0.05, 0.1) is 0 Å². The van der Waals surface area contributed by atoms with Crippen LogP contribution >= 0.6 is 27.3 Å². The average molecular weight is 312 g/mol. The van der Waals surface area contributed by atoms with Crippen LogP contribution in [0.4, 0.5) is 0 Å². The lowest BCUT2D eigenvalue weighted by atomic mass is 10.5. The van der Waals surface area contributed by atoms with Crippen LogP contribution < -0.4 is 0 Å². The molecule has 0 amide bonds. The molecule has 0 saturated heterocycles. The van der Waals surface area contributed by atoms with E-state index in [9.17, 15) is 8.42 Å². The van der Waals surface area contributed by atoms with E-state index < -0.39 is 10.0 Å². The molecule has 0 bridgehead atoms. The van der Waals surface area contributed by atoms with Crippen molar-refractivity contribution >= 4 is 37.3 Å². The second-order valence-electron chi connectivity index (χ2n) is 2.97. The summed E-state index contributed by atoms with van der Waals surface area (Å²) in [6.45, 7) is 2.95. The van der Waals surface area contributed by atoms with Crippen molar-refractivity contribution < 1.29 is 8.42 Å². The molecule has 0 spiro atoms. The Hall–Kier alpha value is 0.0900. The highest BCUT2D eigenvalue weighted by Crippen LogP contribution is 2.20. The molecule has 6 heteroatoms. The van der Waals surface area contributed by atoms with Gasteiger partial charge in [-0.05, 0) is 17.9 Å². The van der Waals surface area contributed by atoms with Gasteiger partial charge in [0.15, 0.2) is 0 Å². The normalized spacial score (nSPS) is 12.2. The molecule has 1 heterocycles. The summed E-state index contributed by atoms with van der Waals surface area (Å²) in [5, 5.41) is 2.61. The van der Waals surface area contributed by atoms with E-state index in [1.165, 1.54) is 15.6 Å². The summed E-state index contributed by atoms with van der Waals surface area (Å²) < 4.78 is 26.0. The SMILES string of the molecule is CCN(CCCBr)S(=O)(=O)c1cccs1. The first-order valence-corrected chi connectivity index (χ1v) is 8.16. The van der Waals surface area contributed by atoms with E-state index in [1.807, 2.05) is 6.92 Å². The number of nitrogens with zero attached hydrogens (tertiary/aromatic N) is 1. The summed E-state index contributed by atoms with van der Waals surface area (Å²) >= 11 is 4.57. The molecule has 0 unspecified atom stereocenters. The zero-order chi connectivity index (χ0) is 11.3. The van der Waals surface area contributed by atoms with Gasteiger partial charge in [0, 0.05) is 18.4 Å². The summed E-state index contributed by atoms with van der Waals surface area (Å²) in [7, 11) is -3.25. The molecule has 0 aliphatic rings. The molecule has 0 saturated carbocycles. The van der Waals surface area contributed by atoms with Crippen LogP contribution in [0.1, 0.15) is 13.3 Å². The van der Waals surface area contributed by atoms with Crippen LogP contribution in [0.15, 0.2) is 21.7 Å². The second kappa shape index (κ2) is 5.98. The van der Waals surface area contributed by atoms with E-state index in [0.717, 1.165) is 11.8 Å². The molecule has 0 aromatic carbocycles. The maximum Gasteiger partial charge on any atom is 0.252 e. The largest absolute Gasteiger partial charge is 0.252 e. The monoisotopic (exact) mass is 311 g/mol. The lowest BCUT2D eigenvalue weighted by Crippen LogP contribution is -2.31. The molecule has 0 fully saturated rings. The van der Waals surface area contributed by atoms with Crippen LogP contribution in [0.3, 0.4) is 0 Å². The van der Waals surface area contributed by atoms with Gasteiger partial charge in [-0.2, -0.15) is 4.31 Å². The number of sulfonamides is 1. The van der Waals surface area contributed by atoms with E-state index in [0.29, 0.717) is 17.3 Å². The van der Waals surface area contributed by atoms with Gasteiger partial charge < -0.3 is 0 Å². The molecule has 1 aromatic heterocycles. The first-order valence-electron chi connectivity index (χ1n) is 4.72. The second-order valence-corrected chi connectivity index (χ2v) is 6.88. The molecule has 0 radical (unpaired) electrons. The highest BCUT2D eigenvalue weighted by atomic mass is 79.9. The highest BCUT2D eigenvalue weighted by Gasteiger charge is 2.22.